The smallest absolute Gasteiger partial charge is 0.282 e. The van der Waals surface area contributed by atoms with Crippen LogP contribution in [0.4, 0.5) is 0 Å². The molecule has 0 amide bonds. The fourth-order valence-corrected chi connectivity index (χ4v) is 3.83. The monoisotopic (exact) mass is 460 g/mol. The Balaban J connectivity index is 1.93. The minimum Gasteiger partial charge on any atom is -0.335 e. The van der Waals surface area contributed by atoms with Gasteiger partial charge in [0.15, 0.2) is 0 Å². The van der Waals surface area contributed by atoms with Gasteiger partial charge in [-0.1, -0.05) is 60.8 Å². The lowest BCUT2D eigenvalue weighted by atomic mass is 9.95. The zero-order chi connectivity index (χ0) is 21.5. The van der Waals surface area contributed by atoms with Crippen molar-refractivity contribution in [2.75, 3.05) is 0 Å². The fraction of sp³-hybridized carbons (Fsp3) is 0.208. The maximum Gasteiger partial charge on any atom is 0.282 e. The van der Waals surface area contributed by atoms with Gasteiger partial charge in [-0.05, 0) is 24.3 Å². The first-order chi connectivity index (χ1) is 14.3. The van der Waals surface area contributed by atoms with E-state index in [0.29, 0.717) is 23.3 Å². The van der Waals surface area contributed by atoms with Crippen LogP contribution in [0, 0.1) is 12.3 Å². The summed E-state index contributed by atoms with van der Waals surface area (Å²) in [6, 6.07) is 13.5. The molecule has 0 unspecified atom stereocenters. The zero-order valence-electron chi connectivity index (χ0n) is 17.1. The predicted molar refractivity (Wildman–Crippen MR) is 126 cm³/mol. The molecule has 150 valence electrons. The number of nitrogens with zero attached hydrogens (tertiary/aromatic N) is 4. The largest absolute Gasteiger partial charge is 0.335 e. The van der Waals surface area contributed by atoms with Crippen molar-refractivity contribution in [3.63, 3.8) is 0 Å². The number of rotatable bonds is 3. The van der Waals surface area contributed by atoms with Gasteiger partial charge in [0.25, 0.3) is 5.56 Å². The molecular formula is C24H21BrN4O. The highest BCUT2D eigenvalue weighted by Crippen LogP contribution is 2.24. The summed E-state index contributed by atoms with van der Waals surface area (Å²) in [7, 11) is 0. The molecule has 30 heavy (non-hydrogen) atoms. The Morgan fingerprint density at radius 1 is 1.20 bits per heavy atom. The van der Waals surface area contributed by atoms with Crippen molar-refractivity contribution in [2.45, 2.75) is 32.7 Å². The normalized spacial score (nSPS) is 12.1. The lowest BCUT2D eigenvalue weighted by Gasteiger charge is -2.20. The molecule has 0 bridgehead atoms. The van der Waals surface area contributed by atoms with Gasteiger partial charge >= 0.3 is 0 Å². The van der Waals surface area contributed by atoms with Crippen LogP contribution in [0.25, 0.3) is 21.8 Å². The van der Waals surface area contributed by atoms with Crippen molar-refractivity contribution >= 4 is 44.0 Å². The van der Waals surface area contributed by atoms with E-state index in [9.17, 15) is 4.79 Å². The number of para-hydroxylation sites is 1. The highest BCUT2D eigenvalue weighted by Gasteiger charge is 2.23. The number of benzene rings is 2. The summed E-state index contributed by atoms with van der Waals surface area (Å²) < 4.78 is 4.23. The van der Waals surface area contributed by atoms with Crippen LogP contribution >= 0.6 is 15.9 Å². The molecule has 4 rings (SSSR count). The van der Waals surface area contributed by atoms with E-state index in [-0.39, 0.29) is 11.0 Å². The van der Waals surface area contributed by atoms with Gasteiger partial charge in [0.2, 0.25) is 0 Å². The molecule has 0 radical (unpaired) electrons. The Hall–Kier alpha value is -3.17. The Kier molecular flexibility index (Phi) is 5.08. The van der Waals surface area contributed by atoms with Crippen LogP contribution in [0.3, 0.4) is 0 Å². The first kappa shape index (κ1) is 20.1. The summed E-state index contributed by atoms with van der Waals surface area (Å²) in [6.45, 7) is 6.52. The third-order valence-electron chi connectivity index (χ3n) is 4.87. The summed E-state index contributed by atoms with van der Waals surface area (Å²) in [4.78, 5) is 18.1. The Labute approximate surface area is 183 Å². The molecule has 0 atom stereocenters. The van der Waals surface area contributed by atoms with Gasteiger partial charge in [-0.3, -0.25) is 4.79 Å². The number of terminal acetylenes is 1. The van der Waals surface area contributed by atoms with Gasteiger partial charge < -0.3 is 4.57 Å². The second kappa shape index (κ2) is 7.58. The molecule has 0 aliphatic carbocycles. The Morgan fingerprint density at radius 2 is 1.97 bits per heavy atom. The molecule has 5 nitrogen and oxygen atoms in total. The summed E-state index contributed by atoms with van der Waals surface area (Å²) in [5.41, 5.74) is 2.01. The molecule has 2 heterocycles. The molecular weight excluding hydrogens is 440 g/mol. The molecule has 0 fully saturated rings. The first-order valence-electron chi connectivity index (χ1n) is 9.58. The Morgan fingerprint density at radius 3 is 2.70 bits per heavy atom. The van der Waals surface area contributed by atoms with Gasteiger partial charge in [-0.25, -0.2) is 4.98 Å². The lowest BCUT2D eigenvalue weighted by Crippen LogP contribution is -2.29. The highest BCUT2D eigenvalue weighted by molar-refractivity contribution is 9.10. The Bertz CT molecular complexity index is 1400. The molecule has 0 N–H and O–H groups in total. The summed E-state index contributed by atoms with van der Waals surface area (Å²) in [5.74, 6) is 3.28. The van der Waals surface area contributed by atoms with Gasteiger partial charge in [-0.2, -0.15) is 9.78 Å². The van der Waals surface area contributed by atoms with Crippen LogP contribution in [0.1, 0.15) is 32.2 Å². The topological polar surface area (TPSA) is 52.2 Å². The highest BCUT2D eigenvalue weighted by atomic mass is 79.9. The minimum atomic E-state index is -0.366. The number of halogens is 1. The second-order valence-corrected chi connectivity index (χ2v) is 9.06. The third kappa shape index (κ3) is 3.57. The molecule has 2 aromatic carbocycles. The van der Waals surface area contributed by atoms with Crippen molar-refractivity contribution in [3.05, 3.63) is 74.9 Å². The molecule has 2 aromatic heterocycles. The van der Waals surface area contributed by atoms with Crippen LogP contribution in [-0.2, 0) is 12.0 Å². The number of hydrogen-bond donors (Lipinski definition) is 0. The summed E-state index contributed by atoms with van der Waals surface area (Å²) in [6.07, 6.45) is 9.18. The van der Waals surface area contributed by atoms with Gasteiger partial charge in [0.05, 0.1) is 23.7 Å². The van der Waals surface area contributed by atoms with Crippen molar-refractivity contribution in [1.29, 1.82) is 0 Å². The van der Waals surface area contributed by atoms with E-state index in [0.717, 1.165) is 20.9 Å². The lowest BCUT2D eigenvalue weighted by molar-refractivity contribution is 0.506. The fourth-order valence-electron chi connectivity index (χ4n) is 3.47. The van der Waals surface area contributed by atoms with Crippen molar-refractivity contribution in [1.82, 2.24) is 14.2 Å². The average Bonchev–Trinajstić information content (AvgIpc) is 3.05. The van der Waals surface area contributed by atoms with E-state index in [1.54, 1.807) is 12.3 Å². The van der Waals surface area contributed by atoms with E-state index in [4.69, 9.17) is 11.4 Å². The van der Waals surface area contributed by atoms with Crippen molar-refractivity contribution < 1.29 is 0 Å². The summed E-state index contributed by atoms with van der Waals surface area (Å²) in [5, 5.41) is 6.13. The minimum absolute atomic E-state index is 0.199. The van der Waals surface area contributed by atoms with Gasteiger partial charge in [0.1, 0.15) is 5.82 Å². The first-order valence-corrected chi connectivity index (χ1v) is 10.4. The molecule has 4 aromatic rings. The summed E-state index contributed by atoms with van der Waals surface area (Å²) >= 11 is 3.44. The van der Waals surface area contributed by atoms with Crippen LogP contribution in [0.2, 0.25) is 0 Å². The molecule has 0 saturated carbocycles. The molecule has 0 aliphatic rings. The molecule has 0 saturated heterocycles. The quantitative estimate of drug-likeness (QED) is 0.321. The van der Waals surface area contributed by atoms with E-state index in [1.165, 1.54) is 4.68 Å². The standard InChI is InChI=1S/C24H21BrN4O/c1-5-12-28-15-16(18-8-6-7-9-21(18)28)14-26-29-22(30)19-13-17(25)10-11-20(19)27-23(29)24(2,3)4/h1,6-11,13-15H,12H2,2-4H3. The third-order valence-corrected chi connectivity index (χ3v) is 5.37. The van der Waals surface area contributed by atoms with E-state index >= 15 is 0 Å². The average molecular weight is 461 g/mol. The van der Waals surface area contributed by atoms with E-state index < -0.39 is 0 Å². The molecule has 6 heteroatoms. The van der Waals surface area contributed by atoms with Gasteiger partial charge in [0, 0.05) is 32.6 Å². The van der Waals surface area contributed by atoms with Crippen LogP contribution in [-0.4, -0.2) is 20.4 Å². The second-order valence-electron chi connectivity index (χ2n) is 8.14. The van der Waals surface area contributed by atoms with E-state index in [2.05, 4.69) is 27.0 Å². The van der Waals surface area contributed by atoms with E-state index in [1.807, 2.05) is 67.9 Å². The zero-order valence-corrected chi connectivity index (χ0v) is 18.6. The number of aromatic nitrogens is 3. The van der Waals surface area contributed by atoms with Crippen molar-refractivity contribution in [3.8, 4) is 12.3 Å². The number of hydrogen-bond acceptors (Lipinski definition) is 3. The van der Waals surface area contributed by atoms with Crippen LogP contribution < -0.4 is 5.56 Å². The van der Waals surface area contributed by atoms with Crippen LogP contribution in [0.15, 0.2) is 63.0 Å². The molecule has 0 spiro atoms. The number of fused-ring (bicyclic) bond motifs is 2. The maximum absolute atomic E-state index is 13.3. The van der Waals surface area contributed by atoms with Crippen LogP contribution in [0.5, 0.6) is 0 Å². The SMILES string of the molecule is C#CCn1cc(C=Nn2c(C(C)(C)C)nc3ccc(Br)cc3c2=O)c2ccccc21. The molecule has 0 aliphatic heterocycles. The predicted octanol–water partition coefficient (Wildman–Crippen LogP) is 4.93. The maximum atomic E-state index is 13.3. The van der Waals surface area contributed by atoms with Gasteiger partial charge in [-0.15, -0.1) is 6.42 Å². The van der Waals surface area contributed by atoms with Crippen molar-refractivity contribution in [2.24, 2.45) is 5.10 Å².